The summed E-state index contributed by atoms with van der Waals surface area (Å²) in [6.07, 6.45) is 1.06. The van der Waals surface area contributed by atoms with Gasteiger partial charge < -0.3 is 16.8 Å². The summed E-state index contributed by atoms with van der Waals surface area (Å²) in [4.78, 5) is 11.8. The average Bonchev–Trinajstić information content (AvgIpc) is 2.31. The first-order valence-electron chi connectivity index (χ1n) is 3.22. The zero-order valence-corrected chi connectivity index (χ0v) is 5.73. The number of amidine groups is 1. The molecule has 0 amide bonds. The summed E-state index contributed by atoms with van der Waals surface area (Å²) in [7, 11) is 0. The monoisotopic (exact) mass is 152 g/mol. The zero-order chi connectivity index (χ0) is 7.84. The molecule has 5 N–H and O–H groups in total. The molecule has 0 saturated heterocycles. The second kappa shape index (κ2) is 2.03. The molecule has 6 heteroatoms. The van der Waals surface area contributed by atoms with Crippen molar-refractivity contribution in [3.05, 3.63) is 0 Å². The minimum atomic E-state index is -0.351. The van der Waals surface area contributed by atoms with Crippen LogP contribution in [-0.4, -0.2) is 30.3 Å². The van der Waals surface area contributed by atoms with Gasteiger partial charge in [-0.05, 0) is 0 Å². The Hall–Kier alpha value is -1.43. The summed E-state index contributed by atoms with van der Waals surface area (Å²) >= 11 is 0. The number of nitrogens with one attached hydrogen (secondary N) is 1. The van der Waals surface area contributed by atoms with Gasteiger partial charge >= 0.3 is 0 Å². The normalized spacial score (nSPS) is 33.9. The number of rotatable bonds is 0. The maximum absolute atomic E-state index is 5.60. The highest BCUT2D eigenvalue weighted by Gasteiger charge is 2.29. The molecule has 0 saturated carbocycles. The largest absolute Gasteiger partial charge is 0.370 e. The van der Waals surface area contributed by atoms with Gasteiger partial charge in [0.15, 0.2) is 5.96 Å². The molecular formula is C5H8N6. The second-order valence-electron chi connectivity index (χ2n) is 2.35. The lowest BCUT2D eigenvalue weighted by Crippen LogP contribution is -2.42. The van der Waals surface area contributed by atoms with E-state index in [1.165, 1.54) is 6.34 Å². The SMILES string of the molecule is NC1=NC2C(=NC=NC2N)N1. The van der Waals surface area contributed by atoms with Crippen molar-refractivity contribution in [2.24, 2.45) is 26.4 Å². The average molecular weight is 152 g/mol. The molecule has 2 atom stereocenters. The molecule has 0 radical (unpaired) electrons. The van der Waals surface area contributed by atoms with Crippen LogP contribution in [-0.2, 0) is 0 Å². The van der Waals surface area contributed by atoms with Gasteiger partial charge in [-0.25, -0.2) is 9.98 Å². The third-order valence-electron chi connectivity index (χ3n) is 1.57. The van der Waals surface area contributed by atoms with Crippen LogP contribution in [0, 0.1) is 0 Å². The number of nitrogens with two attached hydrogens (primary N) is 2. The molecule has 0 aliphatic carbocycles. The predicted molar refractivity (Wildman–Crippen MR) is 42.4 cm³/mol. The smallest absolute Gasteiger partial charge is 0.194 e. The summed E-state index contributed by atoms with van der Waals surface area (Å²) in [5.74, 6) is 1.04. The van der Waals surface area contributed by atoms with Crippen molar-refractivity contribution >= 4 is 18.1 Å². The number of nitrogens with zero attached hydrogens (tertiary/aromatic N) is 3. The zero-order valence-electron chi connectivity index (χ0n) is 5.73. The van der Waals surface area contributed by atoms with Gasteiger partial charge in [-0.1, -0.05) is 0 Å². The molecule has 2 heterocycles. The molecule has 0 spiro atoms. The molecule has 0 aromatic rings. The van der Waals surface area contributed by atoms with Gasteiger partial charge in [0, 0.05) is 0 Å². The molecule has 2 rings (SSSR count). The summed E-state index contributed by atoms with van der Waals surface area (Å²) < 4.78 is 0. The van der Waals surface area contributed by atoms with Crippen molar-refractivity contribution in [2.45, 2.75) is 12.2 Å². The molecular weight excluding hydrogens is 144 g/mol. The highest BCUT2D eigenvalue weighted by atomic mass is 15.3. The molecule has 6 nitrogen and oxygen atoms in total. The van der Waals surface area contributed by atoms with Gasteiger partial charge in [-0.15, -0.1) is 0 Å². The van der Waals surface area contributed by atoms with Crippen LogP contribution in [0.5, 0.6) is 0 Å². The van der Waals surface area contributed by atoms with Gasteiger partial charge in [-0.3, -0.25) is 4.99 Å². The fourth-order valence-corrected chi connectivity index (χ4v) is 1.05. The van der Waals surface area contributed by atoms with Crippen LogP contribution in [0.15, 0.2) is 15.0 Å². The van der Waals surface area contributed by atoms with Crippen LogP contribution in [0.4, 0.5) is 0 Å². The van der Waals surface area contributed by atoms with Gasteiger partial charge in [0.2, 0.25) is 0 Å². The van der Waals surface area contributed by atoms with E-state index in [0.29, 0.717) is 11.8 Å². The van der Waals surface area contributed by atoms with Gasteiger partial charge in [0.1, 0.15) is 24.4 Å². The Morgan fingerprint density at radius 3 is 3.09 bits per heavy atom. The fourth-order valence-electron chi connectivity index (χ4n) is 1.05. The van der Waals surface area contributed by atoms with Crippen LogP contribution in [0.2, 0.25) is 0 Å². The van der Waals surface area contributed by atoms with E-state index in [2.05, 4.69) is 20.3 Å². The van der Waals surface area contributed by atoms with E-state index in [0.717, 1.165) is 0 Å². The van der Waals surface area contributed by atoms with Crippen LogP contribution < -0.4 is 16.8 Å². The lowest BCUT2D eigenvalue weighted by atomic mass is 10.2. The van der Waals surface area contributed by atoms with Crippen molar-refractivity contribution in [3.63, 3.8) is 0 Å². The Balaban J connectivity index is 2.31. The number of fused-ring (bicyclic) bond motifs is 1. The predicted octanol–water partition coefficient (Wildman–Crippen LogP) is -2.00. The lowest BCUT2D eigenvalue weighted by molar-refractivity contribution is 0.652. The number of hydrogen-bond donors (Lipinski definition) is 3. The maximum Gasteiger partial charge on any atom is 0.194 e. The molecule has 0 bridgehead atoms. The van der Waals surface area contributed by atoms with Crippen molar-refractivity contribution in [1.82, 2.24) is 5.32 Å². The van der Waals surface area contributed by atoms with E-state index >= 15 is 0 Å². The van der Waals surface area contributed by atoms with Crippen molar-refractivity contribution in [1.29, 1.82) is 0 Å². The number of aliphatic imine (C=N–C) groups is 3. The Labute approximate surface area is 63.1 Å². The van der Waals surface area contributed by atoms with Crippen LogP contribution in [0.1, 0.15) is 0 Å². The molecule has 2 aliphatic rings. The first-order chi connectivity index (χ1) is 5.27. The third kappa shape index (κ3) is 0.874. The minimum absolute atomic E-state index is 0.208. The molecule has 0 aromatic heterocycles. The molecule has 11 heavy (non-hydrogen) atoms. The fraction of sp³-hybridized carbons (Fsp3) is 0.400. The lowest BCUT2D eigenvalue weighted by Gasteiger charge is -2.14. The number of guanidine groups is 1. The highest BCUT2D eigenvalue weighted by molar-refractivity contribution is 6.10. The molecule has 2 unspecified atom stereocenters. The van der Waals surface area contributed by atoms with Crippen molar-refractivity contribution in [2.75, 3.05) is 0 Å². The van der Waals surface area contributed by atoms with Crippen LogP contribution in [0.25, 0.3) is 0 Å². The van der Waals surface area contributed by atoms with Gasteiger partial charge in [0.25, 0.3) is 0 Å². The third-order valence-corrected chi connectivity index (χ3v) is 1.57. The summed E-state index contributed by atoms with van der Waals surface area (Å²) in [5, 5.41) is 2.79. The minimum Gasteiger partial charge on any atom is -0.370 e. The van der Waals surface area contributed by atoms with E-state index in [9.17, 15) is 0 Å². The van der Waals surface area contributed by atoms with E-state index in [4.69, 9.17) is 11.5 Å². The van der Waals surface area contributed by atoms with Crippen LogP contribution >= 0.6 is 0 Å². The van der Waals surface area contributed by atoms with E-state index in [1.54, 1.807) is 0 Å². The van der Waals surface area contributed by atoms with Crippen molar-refractivity contribution < 1.29 is 0 Å². The van der Waals surface area contributed by atoms with Gasteiger partial charge in [0.05, 0.1) is 0 Å². The van der Waals surface area contributed by atoms with E-state index in [-0.39, 0.29) is 12.2 Å². The van der Waals surface area contributed by atoms with Gasteiger partial charge in [-0.2, -0.15) is 0 Å². The Bertz CT molecular complexity index is 264. The Morgan fingerprint density at radius 2 is 2.36 bits per heavy atom. The Morgan fingerprint density at radius 1 is 1.55 bits per heavy atom. The second-order valence-corrected chi connectivity index (χ2v) is 2.35. The molecule has 58 valence electrons. The summed E-state index contributed by atoms with van der Waals surface area (Å²) in [5.41, 5.74) is 11.0. The van der Waals surface area contributed by atoms with Crippen LogP contribution in [0.3, 0.4) is 0 Å². The molecule has 0 aromatic carbocycles. The quantitative estimate of drug-likeness (QED) is 0.374. The topological polar surface area (TPSA) is 101 Å². The number of hydrogen-bond acceptors (Lipinski definition) is 6. The Kier molecular flexibility index (Phi) is 1.16. The standard InChI is InChI=1S/C5H8N6/c6-3-2-4(9-1-8-3)11-5(7)10-2/h1-3H,6H2,(H3,7,8,9,10,11). The van der Waals surface area contributed by atoms with Crippen molar-refractivity contribution in [3.8, 4) is 0 Å². The van der Waals surface area contributed by atoms with E-state index in [1.807, 2.05) is 0 Å². The summed E-state index contributed by atoms with van der Waals surface area (Å²) in [6, 6.07) is -0.208. The van der Waals surface area contributed by atoms with E-state index < -0.39 is 0 Å². The first-order valence-corrected chi connectivity index (χ1v) is 3.22. The molecule has 2 aliphatic heterocycles. The molecule has 0 fully saturated rings. The first kappa shape index (κ1) is 6.29. The summed E-state index contributed by atoms with van der Waals surface area (Å²) in [6.45, 7) is 0. The maximum atomic E-state index is 5.60. The highest BCUT2D eigenvalue weighted by Crippen LogP contribution is 2.07.